The summed E-state index contributed by atoms with van der Waals surface area (Å²) in [4.78, 5) is 0. The molecular weight excluding hydrogens is 168 g/mol. The molecule has 0 saturated carbocycles. The summed E-state index contributed by atoms with van der Waals surface area (Å²) in [6.45, 7) is 4.00. The highest BCUT2D eigenvalue weighted by molar-refractivity contribution is 6.99. The normalized spacial score (nSPS) is 12.8. The second-order valence-corrected chi connectivity index (χ2v) is 2.60. The minimum Gasteiger partial charge on any atom is -0.173 e. The smallest absolute Gasteiger partial charge is 0.104 e. The van der Waals surface area contributed by atoms with Crippen LogP contribution in [0.1, 0.15) is 31.7 Å². The first-order valence-corrected chi connectivity index (χ1v) is 4.85. The van der Waals surface area contributed by atoms with E-state index in [1.54, 1.807) is 0 Å². The summed E-state index contributed by atoms with van der Waals surface area (Å²) in [5.74, 6) is 0. The van der Waals surface area contributed by atoms with E-state index in [0.717, 1.165) is 17.8 Å². The molecule has 1 aliphatic carbocycles. The van der Waals surface area contributed by atoms with Gasteiger partial charge in [-0.3, -0.25) is 0 Å². The van der Waals surface area contributed by atoms with Crippen molar-refractivity contribution in [2.75, 3.05) is 0 Å². The van der Waals surface area contributed by atoms with Crippen LogP contribution in [0, 0.1) is 0 Å². The molecule has 0 aromatic carbocycles. The van der Waals surface area contributed by atoms with Crippen molar-refractivity contribution in [3.8, 4) is 0 Å². The SMILES string of the molecule is C1=Cc2nsnc2C=CC1.CC. The zero-order valence-corrected chi connectivity index (χ0v) is 8.14. The van der Waals surface area contributed by atoms with Crippen LogP contribution in [0.4, 0.5) is 0 Å². The zero-order chi connectivity index (χ0) is 8.81. The molecule has 1 heterocycles. The van der Waals surface area contributed by atoms with Gasteiger partial charge in [-0.15, -0.1) is 0 Å². The second kappa shape index (κ2) is 4.83. The molecule has 1 aliphatic rings. The molecule has 0 amide bonds. The molecule has 0 saturated heterocycles. The van der Waals surface area contributed by atoms with Crippen LogP contribution in [0.5, 0.6) is 0 Å². The number of aromatic nitrogens is 2. The molecule has 1 aromatic heterocycles. The number of hydrogen-bond acceptors (Lipinski definition) is 3. The van der Waals surface area contributed by atoms with E-state index in [2.05, 4.69) is 20.9 Å². The minimum atomic E-state index is 0.989. The molecule has 0 N–H and O–H groups in total. The summed E-state index contributed by atoms with van der Waals surface area (Å²) >= 11 is 1.26. The van der Waals surface area contributed by atoms with E-state index in [-0.39, 0.29) is 0 Å². The van der Waals surface area contributed by atoms with Crippen molar-refractivity contribution in [2.45, 2.75) is 20.3 Å². The maximum absolute atomic E-state index is 4.11. The highest BCUT2D eigenvalue weighted by Crippen LogP contribution is 2.13. The van der Waals surface area contributed by atoms with Crippen LogP contribution in [0.15, 0.2) is 12.2 Å². The van der Waals surface area contributed by atoms with E-state index >= 15 is 0 Å². The lowest BCUT2D eigenvalue weighted by Crippen LogP contribution is -1.73. The average Bonchev–Trinajstić information content (AvgIpc) is 2.46. The van der Waals surface area contributed by atoms with Gasteiger partial charge in [0.2, 0.25) is 0 Å². The third kappa shape index (κ3) is 2.01. The van der Waals surface area contributed by atoms with Gasteiger partial charge in [0.1, 0.15) is 11.4 Å². The van der Waals surface area contributed by atoms with Crippen molar-refractivity contribution in [1.82, 2.24) is 8.75 Å². The Balaban J connectivity index is 0.000000336. The quantitative estimate of drug-likeness (QED) is 0.613. The van der Waals surface area contributed by atoms with Crippen LogP contribution in [0.25, 0.3) is 12.2 Å². The summed E-state index contributed by atoms with van der Waals surface area (Å²) in [6, 6.07) is 0. The van der Waals surface area contributed by atoms with Crippen LogP contribution in [-0.2, 0) is 0 Å². The molecule has 2 nitrogen and oxygen atoms in total. The summed E-state index contributed by atoms with van der Waals surface area (Å²) < 4.78 is 8.22. The predicted molar refractivity (Wildman–Crippen MR) is 53.9 cm³/mol. The second-order valence-electron chi connectivity index (χ2n) is 2.08. The highest BCUT2D eigenvalue weighted by Gasteiger charge is 2.01. The molecule has 0 atom stereocenters. The fraction of sp³-hybridized carbons (Fsp3) is 0.333. The van der Waals surface area contributed by atoms with Gasteiger partial charge in [-0.1, -0.05) is 26.0 Å². The van der Waals surface area contributed by atoms with Gasteiger partial charge in [-0.25, -0.2) is 0 Å². The average molecular weight is 180 g/mol. The molecular formula is C9H12N2S. The maximum atomic E-state index is 4.11. The van der Waals surface area contributed by atoms with E-state index in [1.165, 1.54) is 11.7 Å². The number of nitrogens with zero attached hydrogens (tertiary/aromatic N) is 2. The summed E-state index contributed by atoms with van der Waals surface area (Å²) in [5.41, 5.74) is 2.00. The minimum absolute atomic E-state index is 0.989. The Hall–Kier alpha value is -0.960. The van der Waals surface area contributed by atoms with Gasteiger partial charge >= 0.3 is 0 Å². The Kier molecular flexibility index (Phi) is 3.67. The van der Waals surface area contributed by atoms with Crippen molar-refractivity contribution >= 4 is 23.9 Å². The lowest BCUT2D eigenvalue weighted by Gasteiger charge is -1.80. The van der Waals surface area contributed by atoms with E-state index < -0.39 is 0 Å². The molecule has 2 rings (SSSR count). The number of hydrogen-bond donors (Lipinski definition) is 0. The van der Waals surface area contributed by atoms with Crippen LogP contribution >= 0.6 is 11.7 Å². The van der Waals surface area contributed by atoms with Gasteiger partial charge in [0.15, 0.2) is 0 Å². The first-order chi connectivity index (χ1) is 5.97. The molecule has 64 valence electrons. The standard InChI is InChI=1S/C7H6N2S.C2H6/c1-2-4-6-7(5-3-1)9-10-8-6;1-2/h2-5H,1H2;1-2H3. The third-order valence-corrected chi connectivity index (χ3v) is 1.92. The van der Waals surface area contributed by atoms with Crippen LogP contribution in [0.2, 0.25) is 0 Å². The van der Waals surface area contributed by atoms with Crippen molar-refractivity contribution in [2.24, 2.45) is 0 Å². The fourth-order valence-electron chi connectivity index (χ4n) is 0.871. The molecule has 0 bridgehead atoms. The van der Waals surface area contributed by atoms with Crippen LogP contribution in [-0.4, -0.2) is 8.75 Å². The number of allylic oxidation sites excluding steroid dienone is 2. The fourth-order valence-corrected chi connectivity index (χ4v) is 1.40. The third-order valence-electron chi connectivity index (χ3n) is 1.36. The monoisotopic (exact) mass is 180 g/mol. The molecule has 1 aromatic rings. The highest BCUT2D eigenvalue weighted by atomic mass is 32.1. The van der Waals surface area contributed by atoms with Crippen LogP contribution in [0.3, 0.4) is 0 Å². The van der Waals surface area contributed by atoms with E-state index in [0.29, 0.717) is 0 Å². The summed E-state index contributed by atoms with van der Waals surface area (Å²) in [5, 5.41) is 0. The van der Waals surface area contributed by atoms with E-state index in [1.807, 2.05) is 26.0 Å². The topological polar surface area (TPSA) is 25.8 Å². The Bertz CT molecular complexity index is 260. The van der Waals surface area contributed by atoms with E-state index in [9.17, 15) is 0 Å². The van der Waals surface area contributed by atoms with Gasteiger partial charge < -0.3 is 0 Å². The van der Waals surface area contributed by atoms with Crippen molar-refractivity contribution in [1.29, 1.82) is 0 Å². The first kappa shape index (κ1) is 9.13. The first-order valence-electron chi connectivity index (χ1n) is 4.12. The molecule has 0 fully saturated rings. The molecule has 0 spiro atoms. The summed E-state index contributed by atoms with van der Waals surface area (Å²) in [7, 11) is 0. The molecule has 0 aliphatic heterocycles. The molecule has 3 heteroatoms. The maximum Gasteiger partial charge on any atom is 0.104 e. The Morgan fingerprint density at radius 2 is 1.58 bits per heavy atom. The van der Waals surface area contributed by atoms with Gasteiger partial charge in [-0.2, -0.15) is 8.75 Å². The molecule has 12 heavy (non-hydrogen) atoms. The van der Waals surface area contributed by atoms with Crippen molar-refractivity contribution in [3.05, 3.63) is 23.5 Å². The Morgan fingerprint density at radius 3 is 2.08 bits per heavy atom. The molecule has 0 unspecified atom stereocenters. The predicted octanol–water partition coefficient (Wildman–Crippen LogP) is 2.99. The zero-order valence-electron chi connectivity index (χ0n) is 7.32. The largest absolute Gasteiger partial charge is 0.173 e. The summed E-state index contributed by atoms with van der Waals surface area (Å²) in [6.07, 6.45) is 9.19. The lowest BCUT2D eigenvalue weighted by atomic mass is 10.3. The van der Waals surface area contributed by atoms with E-state index in [4.69, 9.17) is 0 Å². The van der Waals surface area contributed by atoms with Crippen molar-refractivity contribution < 1.29 is 0 Å². The van der Waals surface area contributed by atoms with Crippen molar-refractivity contribution in [3.63, 3.8) is 0 Å². The molecule has 0 radical (unpaired) electrons. The van der Waals surface area contributed by atoms with Crippen LogP contribution < -0.4 is 0 Å². The number of rotatable bonds is 0. The lowest BCUT2D eigenvalue weighted by molar-refractivity contribution is 1.43. The van der Waals surface area contributed by atoms with Gasteiger partial charge in [0.25, 0.3) is 0 Å². The van der Waals surface area contributed by atoms with Gasteiger partial charge in [0.05, 0.1) is 11.7 Å². The van der Waals surface area contributed by atoms with Gasteiger partial charge in [0, 0.05) is 0 Å². The Labute approximate surface area is 77.0 Å². The Morgan fingerprint density at radius 1 is 1.08 bits per heavy atom. The number of fused-ring (bicyclic) bond motifs is 1. The van der Waals surface area contributed by atoms with Gasteiger partial charge in [-0.05, 0) is 18.6 Å².